The Labute approximate surface area is 361 Å². The normalized spacial score (nSPS) is 12.1. The molecule has 0 saturated heterocycles. The fraction of sp³-hybridized carbons (Fsp3) is 0. The zero-order chi connectivity index (χ0) is 41.3. The van der Waals surface area contributed by atoms with Crippen LogP contribution in [0.3, 0.4) is 0 Å². The minimum atomic E-state index is 0.657. The maximum absolute atomic E-state index is 9.49. The SMILES string of the molecule is N#Cc1ccc(-n2c3ccccc3c3c4cc5c6cccc7c8cc(-c9ccc%10c%11ccccc%11n(-c%11cccc(-c%12ccccc%12)c%11)c%10c9)ccc8n(c5cc4ccc32)c76)cc1. The van der Waals surface area contributed by atoms with E-state index in [0.717, 1.165) is 22.4 Å². The molecule has 0 spiro atoms. The highest BCUT2D eigenvalue weighted by Gasteiger charge is 2.21. The van der Waals surface area contributed by atoms with Crippen molar-refractivity contribution in [2.24, 2.45) is 0 Å². The summed E-state index contributed by atoms with van der Waals surface area (Å²) in [6, 6.07) is 77.3. The zero-order valence-corrected chi connectivity index (χ0v) is 33.9. The Kier molecular flexibility index (Phi) is 6.87. The highest BCUT2D eigenvalue weighted by molar-refractivity contribution is 6.28. The quantitative estimate of drug-likeness (QED) is 0.175. The van der Waals surface area contributed by atoms with Crippen LogP contribution in [-0.2, 0) is 0 Å². The second kappa shape index (κ2) is 12.7. The van der Waals surface area contributed by atoms with E-state index in [4.69, 9.17) is 0 Å². The van der Waals surface area contributed by atoms with Crippen molar-refractivity contribution in [3.8, 4) is 39.7 Å². The van der Waals surface area contributed by atoms with Crippen molar-refractivity contribution >= 4 is 92.5 Å². The maximum atomic E-state index is 9.49. The molecule has 0 amide bonds. The lowest BCUT2D eigenvalue weighted by molar-refractivity contribution is 1.18. The van der Waals surface area contributed by atoms with E-state index in [-0.39, 0.29) is 0 Å². The molecule has 4 heteroatoms. The fourth-order valence-corrected chi connectivity index (χ4v) is 10.8. The summed E-state index contributed by atoms with van der Waals surface area (Å²) in [5, 5.41) is 21.9. The molecule has 14 rings (SSSR count). The Morgan fingerprint density at radius 3 is 1.76 bits per heavy atom. The lowest BCUT2D eigenvalue weighted by atomic mass is 9.99. The highest BCUT2D eigenvalue weighted by Crippen LogP contribution is 2.45. The average molecular weight is 799 g/mol. The maximum Gasteiger partial charge on any atom is 0.0991 e. The molecule has 10 aromatic carbocycles. The van der Waals surface area contributed by atoms with Gasteiger partial charge in [-0.2, -0.15) is 5.26 Å². The molecule has 0 fully saturated rings. The van der Waals surface area contributed by atoms with E-state index in [2.05, 4.69) is 202 Å². The van der Waals surface area contributed by atoms with E-state index >= 15 is 0 Å². The molecule has 290 valence electrons. The van der Waals surface area contributed by atoms with Gasteiger partial charge in [0.2, 0.25) is 0 Å². The second-order valence-electron chi connectivity index (χ2n) is 16.8. The topological polar surface area (TPSA) is 38.1 Å². The number of nitriles is 1. The van der Waals surface area contributed by atoms with Gasteiger partial charge in [-0.25, -0.2) is 0 Å². The van der Waals surface area contributed by atoms with Crippen molar-refractivity contribution in [2.45, 2.75) is 0 Å². The first-order valence-electron chi connectivity index (χ1n) is 21.5. The third-order valence-electron chi connectivity index (χ3n) is 13.6. The summed E-state index contributed by atoms with van der Waals surface area (Å²) in [7, 11) is 0. The molecule has 0 N–H and O–H groups in total. The number of aromatic nitrogens is 3. The first kappa shape index (κ1) is 34.1. The summed E-state index contributed by atoms with van der Waals surface area (Å²) in [6.45, 7) is 0. The van der Waals surface area contributed by atoms with Gasteiger partial charge in [0.1, 0.15) is 0 Å². The van der Waals surface area contributed by atoms with Crippen LogP contribution in [0.4, 0.5) is 0 Å². The van der Waals surface area contributed by atoms with Gasteiger partial charge in [0.25, 0.3) is 0 Å². The summed E-state index contributed by atoms with van der Waals surface area (Å²) in [5.41, 5.74) is 16.1. The van der Waals surface area contributed by atoms with Crippen LogP contribution in [0.5, 0.6) is 0 Å². The molecule has 4 aromatic heterocycles. The van der Waals surface area contributed by atoms with Crippen LogP contribution < -0.4 is 0 Å². The predicted molar refractivity (Wildman–Crippen MR) is 263 cm³/mol. The molecule has 4 nitrogen and oxygen atoms in total. The first-order valence-corrected chi connectivity index (χ1v) is 21.5. The number of benzene rings is 10. The minimum Gasteiger partial charge on any atom is -0.309 e. The van der Waals surface area contributed by atoms with E-state index in [1.165, 1.54) is 104 Å². The van der Waals surface area contributed by atoms with Gasteiger partial charge in [0, 0.05) is 54.5 Å². The summed E-state index contributed by atoms with van der Waals surface area (Å²) in [6.07, 6.45) is 0. The number of hydrogen-bond donors (Lipinski definition) is 0. The van der Waals surface area contributed by atoms with Gasteiger partial charge < -0.3 is 13.5 Å². The molecular weight excluding hydrogens is 765 g/mol. The Morgan fingerprint density at radius 1 is 0.317 bits per heavy atom. The van der Waals surface area contributed by atoms with Crippen LogP contribution in [-0.4, -0.2) is 13.5 Å². The van der Waals surface area contributed by atoms with Gasteiger partial charge in [0.15, 0.2) is 0 Å². The van der Waals surface area contributed by atoms with Crippen molar-refractivity contribution in [1.82, 2.24) is 13.5 Å². The van der Waals surface area contributed by atoms with Gasteiger partial charge in [0.05, 0.1) is 50.2 Å². The predicted octanol–water partition coefficient (Wildman–Crippen LogP) is 15.4. The van der Waals surface area contributed by atoms with Crippen LogP contribution in [0, 0.1) is 11.3 Å². The minimum absolute atomic E-state index is 0.657. The number of rotatable bonds is 4. The van der Waals surface area contributed by atoms with Crippen LogP contribution in [0.1, 0.15) is 5.56 Å². The molecule has 0 saturated carbocycles. The van der Waals surface area contributed by atoms with E-state index in [1.54, 1.807) is 0 Å². The van der Waals surface area contributed by atoms with Crippen LogP contribution in [0.25, 0.3) is 126 Å². The standard InChI is InChI=1S/C59H34N4/c60-35-36-20-25-42(26-21-36)61-53-19-7-5-15-48(53)58-49-34-51-47-17-9-16-46-50-31-39(23-28-54(50)63(59(46)47)57(51)33-41(49)24-29-55(58)61)40-22-27-45-44-14-4-6-18-52(44)62(56(45)32-40)43-13-8-12-38(30-43)37-10-2-1-3-11-37/h1-34H. The van der Waals surface area contributed by atoms with Crippen molar-refractivity contribution in [1.29, 1.82) is 5.26 Å². The van der Waals surface area contributed by atoms with Crippen LogP contribution >= 0.6 is 0 Å². The third kappa shape index (κ3) is 4.74. The third-order valence-corrected chi connectivity index (χ3v) is 13.6. The number of nitrogens with zero attached hydrogens (tertiary/aromatic N) is 4. The molecular formula is C59H34N4. The van der Waals surface area contributed by atoms with Gasteiger partial charge in [-0.3, -0.25) is 0 Å². The van der Waals surface area contributed by atoms with E-state index in [1.807, 2.05) is 24.3 Å². The number of hydrogen-bond acceptors (Lipinski definition) is 1. The zero-order valence-electron chi connectivity index (χ0n) is 33.9. The Bertz CT molecular complexity index is 4250. The molecule has 0 aliphatic heterocycles. The highest BCUT2D eigenvalue weighted by atomic mass is 15.0. The monoisotopic (exact) mass is 798 g/mol. The lowest BCUT2D eigenvalue weighted by Crippen LogP contribution is -1.94. The molecule has 0 aliphatic rings. The van der Waals surface area contributed by atoms with Gasteiger partial charge in [-0.15, -0.1) is 0 Å². The van der Waals surface area contributed by atoms with E-state index in [0.29, 0.717) is 5.56 Å². The molecule has 63 heavy (non-hydrogen) atoms. The largest absolute Gasteiger partial charge is 0.309 e. The van der Waals surface area contributed by atoms with Crippen LogP contribution in [0.2, 0.25) is 0 Å². The summed E-state index contributed by atoms with van der Waals surface area (Å²) >= 11 is 0. The van der Waals surface area contributed by atoms with Gasteiger partial charge >= 0.3 is 0 Å². The second-order valence-corrected chi connectivity index (χ2v) is 16.8. The molecule has 0 radical (unpaired) electrons. The molecule has 0 aliphatic carbocycles. The Balaban J connectivity index is 0.954. The fourth-order valence-electron chi connectivity index (χ4n) is 10.8. The van der Waals surface area contributed by atoms with E-state index in [9.17, 15) is 5.26 Å². The van der Waals surface area contributed by atoms with Crippen molar-refractivity contribution in [2.75, 3.05) is 0 Å². The lowest BCUT2D eigenvalue weighted by Gasteiger charge is -2.11. The van der Waals surface area contributed by atoms with Crippen molar-refractivity contribution in [3.63, 3.8) is 0 Å². The smallest absolute Gasteiger partial charge is 0.0991 e. The average Bonchev–Trinajstić information content (AvgIpc) is 4.07. The van der Waals surface area contributed by atoms with Crippen LogP contribution in [0.15, 0.2) is 206 Å². The summed E-state index contributed by atoms with van der Waals surface area (Å²) in [4.78, 5) is 0. The molecule has 0 atom stereocenters. The summed E-state index contributed by atoms with van der Waals surface area (Å²) < 4.78 is 7.24. The van der Waals surface area contributed by atoms with E-state index < -0.39 is 0 Å². The Hall–Kier alpha value is -8.65. The van der Waals surface area contributed by atoms with Gasteiger partial charge in [-0.1, -0.05) is 121 Å². The number of fused-ring (bicyclic) bond motifs is 14. The molecule has 4 heterocycles. The summed E-state index contributed by atoms with van der Waals surface area (Å²) in [5.74, 6) is 0. The molecule has 0 bridgehead atoms. The van der Waals surface area contributed by atoms with Gasteiger partial charge in [-0.05, 0) is 118 Å². The first-order chi connectivity index (χ1) is 31.2. The molecule has 14 aromatic rings. The molecule has 0 unspecified atom stereocenters. The van der Waals surface area contributed by atoms with Crippen molar-refractivity contribution in [3.05, 3.63) is 212 Å². The number of para-hydroxylation sites is 3. The van der Waals surface area contributed by atoms with Crippen molar-refractivity contribution < 1.29 is 0 Å². The Morgan fingerprint density at radius 2 is 0.937 bits per heavy atom.